The molecule has 0 aromatic heterocycles. The van der Waals surface area contributed by atoms with Gasteiger partial charge in [-0.2, -0.15) is 11.8 Å². The molecular formula is C13H30N2S. The van der Waals surface area contributed by atoms with E-state index in [1.807, 2.05) is 11.8 Å². The van der Waals surface area contributed by atoms with E-state index in [4.69, 9.17) is 0 Å². The van der Waals surface area contributed by atoms with E-state index in [-0.39, 0.29) is 0 Å². The SMILES string of the molecule is CCCCNCC(C)N(C)C(C)CCSC. The van der Waals surface area contributed by atoms with Gasteiger partial charge in [0.15, 0.2) is 0 Å². The first kappa shape index (κ1) is 16.3. The molecular weight excluding hydrogens is 216 g/mol. The van der Waals surface area contributed by atoms with Crippen LogP contribution in [0, 0.1) is 0 Å². The van der Waals surface area contributed by atoms with Gasteiger partial charge in [-0.05, 0) is 52.3 Å². The summed E-state index contributed by atoms with van der Waals surface area (Å²) < 4.78 is 0. The molecule has 2 atom stereocenters. The molecule has 0 saturated carbocycles. The third-order valence-electron chi connectivity index (χ3n) is 3.28. The summed E-state index contributed by atoms with van der Waals surface area (Å²) in [7, 11) is 2.25. The van der Waals surface area contributed by atoms with Crippen LogP contribution < -0.4 is 5.32 Å². The third-order valence-corrected chi connectivity index (χ3v) is 3.92. The minimum Gasteiger partial charge on any atom is -0.315 e. The van der Waals surface area contributed by atoms with Gasteiger partial charge in [0.1, 0.15) is 0 Å². The lowest BCUT2D eigenvalue weighted by atomic mass is 10.2. The van der Waals surface area contributed by atoms with Crippen molar-refractivity contribution in [1.29, 1.82) is 0 Å². The topological polar surface area (TPSA) is 15.3 Å². The van der Waals surface area contributed by atoms with Crippen molar-refractivity contribution < 1.29 is 0 Å². The van der Waals surface area contributed by atoms with Crippen molar-refractivity contribution in [3.8, 4) is 0 Å². The van der Waals surface area contributed by atoms with Crippen molar-refractivity contribution in [2.24, 2.45) is 0 Å². The molecule has 2 unspecified atom stereocenters. The molecule has 0 aliphatic heterocycles. The lowest BCUT2D eigenvalue weighted by Crippen LogP contribution is -2.43. The molecule has 16 heavy (non-hydrogen) atoms. The van der Waals surface area contributed by atoms with Crippen molar-refractivity contribution in [3.63, 3.8) is 0 Å². The molecule has 3 heteroatoms. The zero-order valence-corrected chi connectivity index (χ0v) is 12.6. The van der Waals surface area contributed by atoms with Crippen molar-refractivity contribution in [2.75, 3.05) is 32.1 Å². The normalized spacial score (nSPS) is 15.4. The number of thioether (sulfide) groups is 1. The van der Waals surface area contributed by atoms with Crippen LogP contribution in [0.3, 0.4) is 0 Å². The molecule has 0 fully saturated rings. The average Bonchev–Trinajstić information content (AvgIpc) is 2.30. The van der Waals surface area contributed by atoms with Crippen LogP contribution in [-0.4, -0.2) is 49.1 Å². The highest BCUT2D eigenvalue weighted by Crippen LogP contribution is 2.08. The molecule has 0 aromatic carbocycles. The van der Waals surface area contributed by atoms with Crippen LogP contribution in [0.25, 0.3) is 0 Å². The Morgan fingerprint density at radius 1 is 1.25 bits per heavy atom. The lowest BCUT2D eigenvalue weighted by molar-refractivity contribution is 0.189. The maximum absolute atomic E-state index is 3.53. The quantitative estimate of drug-likeness (QED) is 0.597. The molecule has 98 valence electrons. The van der Waals surface area contributed by atoms with Gasteiger partial charge >= 0.3 is 0 Å². The van der Waals surface area contributed by atoms with Gasteiger partial charge in [-0.1, -0.05) is 13.3 Å². The Morgan fingerprint density at radius 3 is 2.50 bits per heavy atom. The van der Waals surface area contributed by atoms with Gasteiger partial charge in [0.25, 0.3) is 0 Å². The summed E-state index contributed by atoms with van der Waals surface area (Å²) in [5.74, 6) is 1.27. The van der Waals surface area contributed by atoms with Crippen LogP contribution in [0.4, 0.5) is 0 Å². The summed E-state index contributed by atoms with van der Waals surface area (Å²) in [6.07, 6.45) is 6.04. The summed E-state index contributed by atoms with van der Waals surface area (Å²) in [4.78, 5) is 2.50. The molecule has 0 spiro atoms. The largest absolute Gasteiger partial charge is 0.315 e. The van der Waals surface area contributed by atoms with Gasteiger partial charge in [-0.25, -0.2) is 0 Å². The van der Waals surface area contributed by atoms with E-state index >= 15 is 0 Å². The smallest absolute Gasteiger partial charge is 0.0192 e. The second-order valence-corrected chi connectivity index (χ2v) is 5.69. The standard InChI is InChI=1S/C13H30N2S/c1-6-7-9-14-11-13(3)15(4)12(2)8-10-16-5/h12-14H,6-11H2,1-5H3. The van der Waals surface area contributed by atoms with Gasteiger partial charge < -0.3 is 5.32 Å². The highest BCUT2D eigenvalue weighted by molar-refractivity contribution is 7.98. The van der Waals surface area contributed by atoms with Crippen molar-refractivity contribution >= 4 is 11.8 Å². The van der Waals surface area contributed by atoms with Crippen LogP contribution in [0.2, 0.25) is 0 Å². The first-order valence-corrected chi connectivity index (χ1v) is 7.94. The number of hydrogen-bond donors (Lipinski definition) is 1. The van der Waals surface area contributed by atoms with Crippen LogP contribution >= 0.6 is 11.8 Å². The molecule has 0 aromatic rings. The number of nitrogens with one attached hydrogen (secondary N) is 1. The summed E-state index contributed by atoms with van der Waals surface area (Å²) in [6, 6.07) is 1.32. The second kappa shape index (κ2) is 10.4. The molecule has 0 aliphatic rings. The summed E-state index contributed by atoms with van der Waals surface area (Å²) in [5, 5.41) is 3.53. The number of nitrogens with zero attached hydrogens (tertiary/aromatic N) is 1. The zero-order valence-electron chi connectivity index (χ0n) is 11.8. The minimum absolute atomic E-state index is 0.633. The van der Waals surface area contributed by atoms with E-state index in [0.29, 0.717) is 12.1 Å². The molecule has 0 rings (SSSR count). The third kappa shape index (κ3) is 7.53. The first-order chi connectivity index (χ1) is 7.63. The van der Waals surface area contributed by atoms with Gasteiger partial charge in [0, 0.05) is 18.6 Å². The maximum atomic E-state index is 3.53. The van der Waals surface area contributed by atoms with Gasteiger partial charge in [-0.3, -0.25) is 4.90 Å². The van der Waals surface area contributed by atoms with Gasteiger partial charge in [0.2, 0.25) is 0 Å². The first-order valence-electron chi connectivity index (χ1n) is 6.55. The van der Waals surface area contributed by atoms with Crippen molar-refractivity contribution in [2.45, 2.75) is 52.1 Å². The Labute approximate surface area is 107 Å². The molecule has 0 heterocycles. The van der Waals surface area contributed by atoms with Gasteiger partial charge in [-0.15, -0.1) is 0 Å². The maximum Gasteiger partial charge on any atom is 0.0192 e. The number of hydrogen-bond acceptors (Lipinski definition) is 3. The van der Waals surface area contributed by atoms with Gasteiger partial charge in [0.05, 0.1) is 0 Å². The summed E-state index contributed by atoms with van der Waals surface area (Å²) in [5.41, 5.74) is 0. The molecule has 1 N–H and O–H groups in total. The highest BCUT2D eigenvalue weighted by atomic mass is 32.2. The average molecular weight is 246 g/mol. The van der Waals surface area contributed by atoms with E-state index in [0.717, 1.165) is 13.1 Å². The number of unbranched alkanes of at least 4 members (excludes halogenated alkanes) is 1. The predicted molar refractivity (Wildman–Crippen MR) is 77.5 cm³/mol. The Kier molecular flexibility index (Phi) is 10.6. The molecule has 0 bridgehead atoms. The van der Waals surface area contributed by atoms with E-state index < -0.39 is 0 Å². The fourth-order valence-electron chi connectivity index (χ4n) is 1.68. The Bertz CT molecular complexity index is 153. The predicted octanol–water partition coefficient (Wildman–Crippen LogP) is 2.84. The van der Waals surface area contributed by atoms with Crippen molar-refractivity contribution in [1.82, 2.24) is 10.2 Å². The summed E-state index contributed by atoms with van der Waals surface area (Å²) >= 11 is 1.94. The molecule has 0 amide bonds. The molecule has 0 radical (unpaired) electrons. The highest BCUT2D eigenvalue weighted by Gasteiger charge is 2.14. The van der Waals surface area contributed by atoms with E-state index in [2.05, 4.69) is 44.3 Å². The Balaban J connectivity index is 3.66. The second-order valence-electron chi connectivity index (χ2n) is 4.70. The fraction of sp³-hybridized carbons (Fsp3) is 1.00. The van der Waals surface area contributed by atoms with Crippen LogP contribution in [0.5, 0.6) is 0 Å². The van der Waals surface area contributed by atoms with Crippen LogP contribution in [0.1, 0.15) is 40.0 Å². The minimum atomic E-state index is 0.633. The van der Waals surface area contributed by atoms with Crippen LogP contribution in [0.15, 0.2) is 0 Å². The van der Waals surface area contributed by atoms with E-state index in [9.17, 15) is 0 Å². The molecule has 0 saturated heterocycles. The molecule has 2 nitrogen and oxygen atoms in total. The Morgan fingerprint density at radius 2 is 1.94 bits per heavy atom. The van der Waals surface area contributed by atoms with E-state index in [1.54, 1.807) is 0 Å². The monoisotopic (exact) mass is 246 g/mol. The molecule has 0 aliphatic carbocycles. The number of rotatable bonds is 10. The number of likely N-dealkylation sites (N-methyl/N-ethyl adjacent to an activating group) is 1. The Hall–Kier alpha value is 0.270. The van der Waals surface area contributed by atoms with Crippen LogP contribution in [-0.2, 0) is 0 Å². The fourth-order valence-corrected chi connectivity index (χ4v) is 2.26. The van der Waals surface area contributed by atoms with Crippen molar-refractivity contribution in [3.05, 3.63) is 0 Å². The zero-order chi connectivity index (χ0) is 12.4. The van der Waals surface area contributed by atoms with E-state index in [1.165, 1.54) is 25.0 Å². The lowest BCUT2D eigenvalue weighted by Gasteiger charge is -2.31. The summed E-state index contributed by atoms with van der Waals surface area (Å²) in [6.45, 7) is 9.16.